The lowest BCUT2D eigenvalue weighted by Crippen LogP contribution is -2.39. The van der Waals surface area contributed by atoms with Crippen LogP contribution >= 0.6 is 0 Å². The van der Waals surface area contributed by atoms with Gasteiger partial charge in [0, 0.05) is 0 Å². The van der Waals surface area contributed by atoms with Crippen molar-refractivity contribution >= 4 is 0 Å². The van der Waals surface area contributed by atoms with E-state index < -0.39 is 0 Å². The quantitative estimate of drug-likeness (QED) is 0.381. The first-order valence-corrected chi connectivity index (χ1v) is 15.6. The third kappa shape index (κ3) is 14.8. The molecule has 1 heteroatoms. The third-order valence-electron chi connectivity index (χ3n) is 8.56. The third-order valence-corrected chi connectivity index (χ3v) is 8.56. The second-order valence-electron chi connectivity index (χ2n) is 13.3. The molecule has 0 spiro atoms. The van der Waals surface area contributed by atoms with Gasteiger partial charge in [-0.15, -0.1) is 0 Å². The van der Waals surface area contributed by atoms with E-state index in [1.165, 1.54) is 154 Å². The lowest BCUT2D eigenvalue weighted by Gasteiger charge is -2.40. The summed E-state index contributed by atoms with van der Waals surface area (Å²) in [7, 11) is 0. The molecule has 0 amide bonds. The molecule has 1 nitrogen and oxygen atoms in total. The zero-order valence-electron chi connectivity index (χ0n) is 23.5. The second-order valence-corrected chi connectivity index (χ2v) is 13.3. The van der Waals surface area contributed by atoms with Gasteiger partial charge in [0.15, 0.2) is 0 Å². The predicted molar refractivity (Wildman–Crippen MR) is 147 cm³/mol. The van der Waals surface area contributed by atoms with Gasteiger partial charge >= 0.3 is 0 Å². The fraction of sp³-hybridized carbons (Fsp3) is 1.00. The van der Waals surface area contributed by atoms with Crippen LogP contribution < -0.4 is 0 Å². The summed E-state index contributed by atoms with van der Waals surface area (Å²) < 4.78 is 6.98. The molecule has 0 saturated heterocycles. The zero-order valence-corrected chi connectivity index (χ0v) is 23.5. The van der Waals surface area contributed by atoms with E-state index in [0.717, 1.165) is 11.8 Å². The van der Waals surface area contributed by atoms with Crippen LogP contribution in [0.25, 0.3) is 0 Å². The minimum Gasteiger partial charge on any atom is -0.370 e. The molecular formula is C32H62O. The van der Waals surface area contributed by atoms with Gasteiger partial charge in [0.1, 0.15) is 0 Å². The van der Waals surface area contributed by atoms with Crippen LogP contribution in [0.4, 0.5) is 0 Å². The molecule has 2 fully saturated rings. The summed E-state index contributed by atoms with van der Waals surface area (Å²) in [6.07, 6.45) is 34.4. The maximum absolute atomic E-state index is 6.98. The number of hydrogen-bond acceptors (Lipinski definition) is 1. The molecule has 0 radical (unpaired) electrons. The molecule has 0 N–H and O–H groups in total. The Kier molecular flexibility index (Phi) is 14.7. The lowest BCUT2D eigenvalue weighted by molar-refractivity contribution is -0.141. The number of ether oxygens (including phenoxy) is 1. The summed E-state index contributed by atoms with van der Waals surface area (Å²) in [6.45, 7) is 9.58. The minimum absolute atomic E-state index is 0.00335. The van der Waals surface area contributed by atoms with Crippen LogP contribution in [0, 0.1) is 11.8 Å². The Hall–Kier alpha value is -0.0400. The first-order valence-electron chi connectivity index (χ1n) is 15.6. The van der Waals surface area contributed by atoms with Crippen LogP contribution in [0.3, 0.4) is 0 Å². The molecular weight excluding hydrogens is 400 g/mol. The molecule has 2 aliphatic carbocycles. The summed E-state index contributed by atoms with van der Waals surface area (Å²) in [5, 5.41) is 0. The average Bonchev–Trinajstić information content (AvgIpc) is 2.71. The lowest BCUT2D eigenvalue weighted by atomic mass is 9.82. The van der Waals surface area contributed by atoms with Gasteiger partial charge in [0.2, 0.25) is 0 Å². The Labute approximate surface area is 209 Å². The van der Waals surface area contributed by atoms with Crippen LogP contribution in [-0.2, 0) is 4.74 Å². The minimum atomic E-state index is -0.00335. The SMILES string of the molecule is CC(C)(CC1CCCCCCCCCCC1)OC(C)(C)CC1CCCCCCCCCCC1. The van der Waals surface area contributed by atoms with E-state index in [1.54, 1.807) is 0 Å². The number of hydrogen-bond donors (Lipinski definition) is 0. The van der Waals surface area contributed by atoms with E-state index >= 15 is 0 Å². The largest absolute Gasteiger partial charge is 0.370 e. The van der Waals surface area contributed by atoms with Crippen LogP contribution in [0.5, 0.6) is 0 Å². The van der Waals surface area contributed by atoms with Crippen molar-refractivity contribution in [1.29, 1.82) is 0 Å². The van der Waals surface area contributed by atoms with Crippen LogP contribution in [0.15, 0.2) is 0 Å². The van der Waals surface area contributed by atoms with Crippen molar-refractivity contribution < 1.29 is 4.74 Å². The fourth-order valence-electron chi connectivity index (χ4n) is 7.13. The maximum Gasteiger partial charge on any atom is 0.0636 e. The van der Waals surface area contributed by atoms with E-state index in [-0.39, 0.29) is 11.2 Å². The van der Waals surface area contributed by atoms with Gasteiger partial charge in [-0.2, -0.15) is 0 Å². The van der Waals surface area contributed by atoms with E-state index in [1.807, 2.05) is 0 Å². The molecule has 33 heavy (non-hydrogen) atoms. The Morgan fingerprint density at radius 3 is 0.848 bits per heavy atom. The van der Waals surface area contributed by atoms with Crippen molar-refractivity contribution in [3.63, 3.8) is 0 Å². The molecule has 0 aromatic heterocycles. The van der Waals surface area contributed by atoms with E-state index in [2.05, 4.69) is 27.7 Å². The zero-order chi connectivity index (χ0) is 23.8. The molecule has 0 heterocycles. The maximum atomic E-state index is 6.98. The van der Waals surface area contributed by atoms with Crippen molar-refractivity contribution in [2.24, 2.45) is 11.8 Å². The Balaban J connectivity index is 1.85. The van der Waals surface area contributed by atoms with Crippen molar-refractivity contribution in [1.82, 2.24) is 0 Å². The highest BCUT2D eigenvalue weighted by Crippen LogP contribution is 2.36. The van der Waals surface area contributed by atoms with Gasteiger partial charge < -0.3 is 4.74 Å². The standard InChI is InChI=1S/C32H62O/c1-31(2,27-29-23-19-15-11-7-5-8-12-16-20-24-29)33-32(3,4)28-30-25-21-17-13-9-6-10-14-18-22-26-30/h29-30H,5-28H2,1-4H3. The van der Waals surface area contributed by atoms with Gasteiger partial charge in [-0.1, -0.05) is 141 Å². The normalized spacial score (nSPS) is 23.6. The van der Waals surface area contributed by atoms with Crippen LogP contribution in [0.2, 0.25) is 0 Å². The molecule has 196 valence electrons. The fourth-order valence-corrected chi connectivity index (χ4v) is 7.13. The van der Waals surface area contributed by atoms with E-state index in [9.17, 15) is 0 Å². The summed E-state index contributed by atoms with van der Waals surface area (Å²) in [5.41, 5.74) is -0.00671. The highest BCUT2D eigenvalue weighted by atomic mass is 16.5. The monoisotopic (exact) mass is 462 g/mol. The van der Waals surface area contributed by atoms with Gasteiger partial charge in [0.05, 0.1) is 11.2 Å². The first-order chi connectivity index (χ1) is 15.9. The van der Waals surface area contributed by atoms with Crippen molar-refractivity contribution in [2.75, 3.05) is 0 Å². The average molecular weight is 463 g/mol. The van der Waals surface area contributed by atoms with E-state index in [4.69, 9.17) is 4.74 Å². The topological polar surface area (TPSA) is 9.23 Å². The molecule has 2 aliphatic rings. The summed E-state index contributed by atoms with van der Waals surface area (Å²) in [6, 6.07) is 0. The highest BCUT2D eigenvalue weighted by molar-refractivity contribution is 4.83. The molecule has 2 saturated carbocycles. The van der Waals surface area contributed by atoms with Gasteiger partial charge in [-0.3, -0.25) is 0 Å². The van der Waals surface area contributed by atoms with Crippen LogP contribution in [0.1, 0.15) is 182 Å². The molecule has 0 bridgehead atoms. The Morgan fingerprint density at radius 1 is 0.394 bits per heavy atom. The van der Waals surface area contributed by atoms with Crippen LogP contribution in [-0.4, -0.2) is 11.2 Å². The molecule has 0 unspecified atom stereocenters. The van der Waals surface area contributed by atoms with Gasteiger partial charge in [-0.05, 0) is 52.4 Å². The van der Waals surface area contributed by atoms with Crippen molar-refractivity contribution in [3.8, 4) is 0 Å². The first kappa shape index (κ1) is 29.2. The van der Waals surface area contributed by atoms with Gasteiger partial charge in [-0.25, -0.2) is 0 Å². The van der Waals surface area contributed by atoms with E-state index in [0.29, 0.717) is 0 Å². The Bertz CT molecular complexity index is 399. The second kappa shape index (κ2) is 16.6. The summed E-state index contributed by atoms with van der Waals surface area (Å²) in [4.78, 5) is 0. The van der Waals surface area contributed by atoms with Gasteiger partial charge in [0.25, 0.3) is 0 Å². The van der Waals surface area contributed by atoms with Crippen molar-refractivity contribution in [2.45, 2.75) is 193 Å². The molecule has 0 aromatic carbocycles. The molecule has 2 rings (SSSR count). The molecule has 0 atom stereocenters. The smallest absolute Gasteiger partial charge is 0.0636 e. The predicted octanol–water partition coefficient (Wildman–Crippen LogP) is 11.2. The highest BCUT2D eigenvalue weighted by Gasteiger charge is 2.33. The summed E-state index contributed by atoms with van der Waals surface area (Å²) >= 11 is 0. The molecule has 0 aromatic rings. The Morgan fingerprint density at radius 2 is 0.606 bits per heavy atom. The van der Waals surface area contributed by atoms with Crippen molar-refractivity contribution in [3.05, 3.63) is 0 Å². The summed E-state index contributed by atoms with van der Waals surface area (Å²) in [5.74, 6) is 1.72. The molecule has 0 aliphatic heterocycles. The number of rotatable bonds is 6.